The Bertz CT molecular complexity index is 960. The summed E-state index contributed by atoms with van der Waals surface area (Å²) in [6.45, 7) is 2.40. The molecule has 2 aromatic heterocycles. The van der Waals surface area contributed by atoms with E-state index in [0.717, 1.165) is 30.9 Å². The molecular formula is C21H19N5. The molecule has 3 heterocycles. The maximum atomic E-state index is 9.22. The van der Waals surface area contributed by atoms with Crippen molar-refractivity contribution in [2.24, 2.45) is 0 Å². The van der Waals surface area contributed by atoms with Crippen LogP contribution < -0.4 is 10.2 Å². The second-order valence-corrected chi connectivity index (χ2v) is 6.29. The van der Waals surface area contributed by atoms with Crippen LogP contribution in [0, 0.1) is 11.3 Å². The van der Waals surface area contributed by atoms with Gasteiger partial charge in [-0.2, -0.15) is 5.26 Å². The molecule has 1 N–H and O–H groups in total. The summed E-state index contributed by atoms with van der Waals surface area (Å²) in [5, 5.41) is 12.5. The molecule has 0 radical (unpaired) electrons. The van der Waals surface area contributed by atoms with Crippen molar-refractivity contribution in [1.82, 2.24) is 9.97 Å². The topological polar surface area (TPSA) is 64.8 Å². The van der Waals surface area contributed by atoms with Crippen LogP contribution in [0.5, 0.6) is 0 Å². The standard InChI is InChI=1S/C21H19N5/c22-13-17-7-3-10-23-20(17)25-14-18-8-4-11-24-21(18)26-12-9-16-5-1-2-6-19(16)15-26/h1-8,10-11H,9,12,14-15H2,(H,23,25). The van der Waals surface area contributed by atoms with Crippen LogP contribution in [0.25, 0.3) is 0 Å². The molecule has 1 aromatic carbocycles. The first-order chi connectivity index (χ1) is 12.8. The largest absolute Gasteiger partial charge is 0.365 e. The summed E-state index contributed by atoms with van der Waals surface area (Å²) < 4.78 is 0. The van der Waals surface area contributed by atoms with Gasteiger partial charge in [-0.05, 0) is 35.7 Å². The smallest absolute Gasteiger partial charge is 0.144 e. The molecule has 0 fully saturated rings. The minimum Gasteiger partial charge on any atom is -0.365 e. The van der Waals surface area contributed by atoms with Crippen LogP contribution in [0.2, 0.25) is 0 Å². The first-order valence-corrected chi connectivity index (χ1v) is 8.70. The Morgan fingerprint density at radius 3 is 2.69 bits per heavy atom. The molecule has 1 aliphatic heterocycles. The lowest BCUT2D eigenvalue weighted by Gasteiger charge is -2.31. The molecule has 0 unspecified atom stereocenters. The lowest BCUT2D eigenvalue weighted by molar-refractivity contribution is 0.716. The number of fused-ring (bicyclic) bond motifs is 1. The Hall–Kier alpha value is -3.39. The fourth-order valence-corrected chi connectivity index (χ4v) is 3.34. The zero-order valence-electron chi connectivity index (χ0n) is 14.4. The van der Waals surface area contributed by atoms with Gasteiger partial charge in [-0.3, -0.25) is 0 Å². The molecule has 0 aliphatic carbocycles. The van der Waals surface area contributed by atoms with Crippen molar-refractivity contribution in [1.29, 1.82) is 5.26 Å². The van der Waals surface area contributed by atoms with Crippen molar-refractivity contribution in [2.45, 2.75) is 19.5 Å². The van der Waals surface area contributed by atoms with Crippen molar-refractivity contribution in [2.75, 3.05) is 16.8 Å². The van der Waals surface area contributed by atoms with E-state index in [-0.39, 0.29) is 0 Å². The number of rotatable bonds is 4. The number of nitriles is 1. The normalized spacial score (nSPS) is 13.0. The van der Waals surface area contributed by atoms with E-state index in [0.29, 0.717) is 17.9 Å². The Kier molecular flexibility index (Phi) is 4.48. The Balaban J connectivity index is 1.55. The van der Waals surface area contributed by atoms with E-state index in [2.05, 4.69) is 56.6 Å². The fourth-order valence-electron chi connectivity index (χ4n) is 3.34. The molecule has 0 atom stereocenters. The Morgan fingerprint density at radius 2 is 1.81 bits per heavy atom. The maximum absolute atomic E-state index is 9.22. The highest BCUT2D eigenvalue weighted by atomic mass is 15.2. The molecule has 128 valence electrons. The van der Waals surface area contributed by atoms with Gasteiger partial charge in [0.1, 0.15) is 17.7 Å². The Labute approximate surface area is 153 Å². The van der Waals surface area contributed by atoms with Gasteiger partial charge in [-0.15, -0.1) is 0 Å². The van der Waals surface area contributed by atoms with E-state index in [4.69, 9.17) is 0 Å². The van der Waals surface area contributed by atoms with Crippen LogP contribution in [0.3, 0.4) is 0 Å². The molecule has 0 spiro atoms. The molecule has 5 heteroatoms. The highest BCUT2D eigenvalue weighted by Crippen LogP contribution is 2.26. The van der Waals surface area contributed by atoms with Crippen molar-refractivity contribution in [3.8, 4) is 6.07 Å². The number of anilines is 2. The second kappa shape index (κ2) is 7.24. The summed E-state index contributed by atoms with van der Waals surface area (Å²) >= 11 is 0. The highest BCUT2D eigenvalue weighted by Gasteiger charge is 2.19. The van der Waals surface area contributed by atoms with E-state index in [1.165, 1.54) is 11.1 Å². The quantitative estimate of drug-likeness (QED) is 0.786. The maximum Gasteiger partial charge on any atom is 0.144 e. The van der Waals surface area contributed by atoms with Gasteiger partial charge in [-0.25, -0.2) is 9.97 Å². The molecular weight excluding hydrogens is 322 g/mol. The number of hydrogen-bond donors (Lipinski definition) is 1. The van der Waals surface area contributed by atoms with Gasteiger partial charge < -0.3 is 10.2 Å². The van der Waals surface area contributed by atoms with Crippen LogP contribution in [0.1, 0.15) is 22.3 Å². The van der Waals surface area contributed by atoms with Crippen molar-refractivity contribution >= 4 is 11.6 Å². The number of benzene rings is 1. The van der Waals surface area contributed by atoms with Crippen LogP contribution >= 0.6 is 0 Å². The highest BCUT2D eigenvalue weighted by molar-refractivity contribution is 5.54. The second-order valence-electron chi connectivity index (χ2n) is 6.29. The molecule has 5 nitrogen and oxygen atoms in total. The molecule has 0 saturated carbocycles. The predicted octanol–water partition coefficient (Wildman–Crippen LogP) is 3.52. The third kappa shape index (κ3) is 3.22. The van der Waals surface area contributed by atoms with Crippen LogP contribution in [0.4, 0.5) is 11.6 Å². The van der Waals surface area contributed by atoms with Gasteiger partial charge in [0.25, 0.3) is 0 Å². The van der Waals surface area contributed by atoms with E-state index in [9.17, 15) is 5.26 Å². The number of pyridine rings is 2. The number of nitrogens with one attached hydrogen (secondary N) is 1. The van der Waals surface area contributed by atoms with E-state index < -0.39 is 0 Å². The molecule has 4 rings (SSSR count). The van der Waals surface area contributed by atoms with Gasteiger partial charge in [0, 0.05) is 37.6 Å². The van der Waals surface area contributed by atoms with Crippen molar-refractivity contribution in [3.63, 3.8) is 0 Å². The van der Waals surface area contributed by atoms with Gasteiger partial charge in [0.15, 0.2) is 0 Å². The summed E-state index contributed by atoms with van der Waals surface area (Å²) in [4.78, 5) is 11.2. The SMILES string of the molecule is N#Cc1cccnc1NCc1cccnc1N1CCc2ccccc2C1. The summed E-state index contributed by atoms with van der Waals surface area (Å²) in [7, 11) is 0. The van der Waals surface area contributed by atoms with E-state index in [1.807, 2.05) is 12.3 Å². The lowest BCUT2D eigenvalue weighted by atomic mass is 9.99. The summed E-state index contributed by atoms with van der Waals surface area (Å²) in [6, 6.07) is 18.3. The van der Waals surface area contributed by atoms with Gasteiger partial charge in [0.2, 0.25) is 0 Å². The fraction of sp³-hybridized carbons (Fsp3) is 0.190. The zero-order chi connectivity index (χ0) is 17.8. The average molecular weight is 341 g/mol. The summed E-state index contributed by atoms with van der Waals surface area (Å²) in [5.74, 6) is 1.60. The summed E-state index contributed by atoms with van der Waals surface area (Å²) in [6.07, 6.45) is 4.55. The van der Waals surface area contributed by atoms with Gasteiger partial charge >= 0.3 is 0 Å². The van der Waals surface area contributed by atoms with E-state index in [1.54, 1.807) is 18.3 Å². The molecule has 0 bridgehead atoms. The van der Waals surface area contributed by atoms with Crippen LogP contribution in [-0.4, -0.2) is 16.5 Å². The molecule has 0 saturated heterocycles. The first-order valence-electron chi connectivity index (χ1n) is 8.70. The van der Waals surface area contributed by atoms with Crippen LogP contribution in [0.15, 0.2) is 60.9 Å². The van der Waals surface area contributed by atoms with Crippen molar-refractivity contribution in [3.05, 3.63) is 83.2 Å². The minimum atomic E-state index is 0.546. The molecule has 3 aromatic rings. The molecule has 1 aliphatic rings. The van der Waals surface area contributed by atoms with Gasteiger partial charge in [0.05, 0.1) is 5.56 Å². The first kappa shape index (κ1) is 16.1. The monoisotopic (exact) mass is 341 g/mol. The molecule has 0 amide bonds. The third-order valence-corrected chi connectivity index (χ3v) is 4.67. The van der Waals surface area contributed by atoms with Crippen molar-refractivity contribution < 1.29 is 0 Å². The number of hydrogen-bond acceptors (Lipinski definition) is 5. The number of aromatic nitrogens is 2. The lowest BCUT2D eigenvalue weighted by Crippen LogP contribution is -2.32. The average Bonchev–Trinajstić information content (AvgIpc) is 2.72. The van der Waals surface area contributed by atoms with E-state index >= 15 is 0 Å². The number of nitrogens with zero attached hydrogens (tertiary/aromatic N) is 4. The Morgan fingerprint density at radius 1 is 1.00 bits per heavy atom. The zero-order valence-corrected chi connectivity index (χ0v) is 14.4. The predicted molar refractivity (Wildman–Crippen MR) is 102 cm³/mol. The summed E-state index contributed by atoms with van der Waals surface area (Å²) in [5.41, 5.74) is 4.43. The van der Waals surface area contributed by atoms with Crippen LogP contribution in [-0.2, 0) is 19.5 Å². The third-order valence-electron chi connectivity index (χ3n) is 4.67. The minimum absolute atomic E-state index is 0.546. The molecule has 26 heavy (non-hydrogen) atoms. The van der Waals surface area contributed by atoms with Gasteiger partial charge in [-0.1, -0.05) is 30.3 Å².